The lowest BCUT2D eigenvalue weighted by Gasteiger charge is -2.31. The van der Waals surface area contributed by atoms with E-state index in [4.69, 9.17) is 0 Å². The van der Waals surface area contributed by atoms with Crippen LogP contribution in [0.15, 0.2) is 24.3 Å². The van der Waals surface area contributed by atoms with Crippen molar-refractivity contribution in [2.75, 3.05) is 56.0 Å². The predicted octanol–water partition coefficient (Wildman–Crippen LogP) is 1.39. The van der Waals surface area contributed by atoms with Gasteiger partial charge >= 0.3 is 0 Å². The quantitative estimate of drug-likeness (QED) is 0.829. The molecule has 1 N–H and O–H groups in total. The number of amides is 2. The molecule has 0 unspecified atom stereocenters. The van der Waals surface area contributed by atoms with Gasteiger partial charge in [-0.2, -0.15) is 0 Å². The lowest BCUT2D eigenvalue weighted by molar-refractivity contribution is -0.120. The SMILES string of the molecule is O=CN1CCN(CC(=O)Nc2ccc(N3CCCCC3)cc2)CC1. The Bertz CT molecular complexity index is 547. The molecular weight excluding hydrogens is 304 g/mol. The molecule has 24 heavy (non-hydrogen) atoms. The standard InChI is InChI=1S/C18H26N4O2/c23-15-21-12-10-20(11-13-21)14-18(24)19-16-4-6-17(7-5-16)22-8-2-1-3-9-22/h4-7,15H,1-3,8-14H2,(H,19,24). The Morgan fingerprint density at radius 1 is 0.958 bits per heavy atom. The number of carbonyl (C=O) groups is 2. The number of carbonyl (C=O) groups excluding carboxylic acids is 2. The zero-order chi connectivity index (χ0) is 16.8. The smallest absolute Gasteiger partial charge is 0.238 e. The van der Waals surface area contributed by atoms with E-state index in [9.17, 15) is 9.59 Å². The van der Waals surface area contributed by atoms with Crippen LogP contribution < -0.4 is 10.2 Å². The Kier molecular flexibility index (Phi) is 5.69. The maximum atomic E-state index is 12.2. The van der Waals surface area contributed by atoms with Gasteiger partial charge in [0.05, 0.1) is 6.54 Å². The topological polar surface area (TPSA) is 55.9 Å². The minimum atomic E-state index is 0.000255. The molecule has 2 saturated heterocycles. The number of rotatable bonds is 5. The fourth-order valence-electron chi connectivity index (χ4n) is 3.34. The van der Waals surface area contributed by atoms with Gasteiger partial charge in [-0.25, -0.2) is 0 Å². The van der Waals surface area contributed by atoms with E-state index in [1.165, 1.54) is 24.9 Å². The highest BCUT2D eigenvalue weighted by molar-refractivity contribution is 5.92. The van der Waals surface area contributed by atoms with E-state index in [1.807, 2.05) is 12.1 Å². The molecule has 2 amide bonds. The summed E-state index contributed by atoms with van der Waals surface area (Å²) < 4.78 is 0. The van der Waals surface area contributed by atoms with Crippen LogP contribution in [0.4, 0.5) is 11.4 Å². The Balaban J connectivity index is 1.47. The molecule has 6 heteroatoms. The molecule has 1 aromatic carbocycles. The number of hydrogen-bond donors (Lipinski definition) is 1. The Morgan fingerprint density at radius 3 is 2.25 bits per heavy atom. The van der Waals surface area contributed by atoms with Crippen LogP contribution in [-0.4, -0.2) is 67.9 Å². The molecule has 0 spiro atoms. The first-order chi connectivity index (χ1) is 11.7. The number of piperidine rings is 1. The maximum absolute atomic E-state index is 12.2. The largest absolute Gasteiger partial charge is 0.372 e. The second-order valence-electron chi connectivity index (χ2n) is 6.56. The average Bonchev–Trinajstić information content (AvgIpc) is 2.64. The van der Waals surface area contributed by atoms with Crippen LogP contribution in [0.25, 0.3) is 0 Å². The van der Waals surface area contributed by atoms with Crippen molar-refractivity contribution in [2.24, 2.45) is 0 Å². The average molecular weight is 330 g/mol. The molecule has 2 heterocycles. The van der Waals surface area contributed by atoms with Crippen LogP contribution in [0.2, 0.25) is 0 Å². The molecule has 0 aromatic heterocycles. The van der Waals surface area contributed by atoms with Crippen molar-refractivity contribution in [3.63, 3.8) is 0 Å². The molecule has 0 atom stereocenters. The minimum absolute atomic E-state index is 0.000255. The summed E-state index contributed by atoms with van der Waals surface area (Å²) >= 11 is 0. The number of hydrogen-bond acceptors (Lipinski definition) is 4. The predicted molar refractivity (Wildman–Crippen MR) is 95.2 cm³/mol. The molecule has 130 valence electrons. The second-order valence-corrected chi connectivity index (χ2v) is 6.56. The van der Waals surface area contributed by atoms with E-state index in [0.29, 0.717) is 19.6 Å². The molecule has 1 aromatic rings. The fourth-order valence-corrected chi connectivity index (χ4v) is 3.34. The van der Waals surface area contributed by atoms with Gasteiger partial charge in [-0.05, 0) is 43.5 Å². The molecule has 6 nitrogen and oxygen atoms in total. The van der Waals surface area contributed by atoms with Gasteiger partial charge in [0.1, 0.15) is 0 Å². The van der Waals surface area contributed by atoms with Gasteiger partial charge in [-0.1, -0.05) is 0 Å². The summed E-state index contributed by atoms with van der Waals surface area (Å²) in [4.78, 5) is 29.1. The first-order valence-corrected chi connectivity index (χ1v) is 8.81. The van der Waals surface area contributed by atoms with Gasteiger partial charge in [-0.3, -0.25) is 14.5 Å². The van der Waals surface area contributed by atoms with E-state index in [1.54, 1.807) is 4.90 Å². The van der Waals surface area contributed by atoms with Crippen LogP contribution in [0.3, 0.4) is 0 Å². The lowest BCUT2D eigenvalue weighted by Crippen LogP contribution is -2.48. The van der Waals surface area contributed by atoms with Gasteiger partial charge in [0.15, 0.2) is 0 Å². The van der Waals surface area contributed by atoms with Gasteiger partial charge in [0, 0.05) is 50.6 Å². The first-order valence-electron chi connectivity index (χ1n) is 8.81. The maximum Gasteiger partial charge on any atom is 0.238 e. The first kappa shape index (κ1) is 16.8. The molecule has 0 radical (unpaired) electrons. The summed E-state index contributed by atoms with van der Waals surface area (Å²) in [6.45, 7) is 5.51. The molecular formula is C18H26N4O2. The number of piperazine rings is 1. The Labute approximate surface area is 143 Å². The van der Waals surface area contributed by atoms with E-state index in [2.05, 4.69) is 27.2 Å². The summed E-state index contributed by atoms with van der Waals surface area (Å²) in [7, 11) is 0. The normalized spacial score (nSPS) is 19.2. The van der Waals surface area contributed by atoms with Crippen molar-refractivity contribution < 1.29 is 9.59 Å². The van der Waals surface area contributed by atoms with E-state index in [-0.39, 0.29) is 5.91 Å². The molecule has 0 saturated carbocycles. The van der Waals surface area contributed by atoms with Crippen LogP contribution in [0.1, 0.15) is 19.3 Å². The third-order valence-corrected chi connectivity index (χ3v) is 4.80. The van der Waals surface area contributed by atoms with Crippen LogP contribution in [-0.2, 0) is 9.59 Å². The highest BCUT2D eigenvalue weighted by Gasteiger charge is 2.18. The van der Waals surface area contributed by atoms with E-state index < -0.39 is 0 Å². The number of benzene rings is 1. The van der Waals surface area contributed by atoms with Gasteiger partial charge in [-0.15, -0.1) is 0 Å². The lowest BCUT2D eigenvalue weighted by atomic mass is 10.1. The summed E-state index contributed by atoms with van der Waals surface area (Å²) in [6.07, 6.45) is 4.72. The van der Waals surface area contributed by atoms with Gasteiger partial charge in [0.2, 0.25) is 12.3 Å². The summed E-state index contributed by atoms with van der Waals surface area (Å²) in [5.41, 5.74) is 2.07. The Hall–Kier alpha value is -2.08. The molecule has 0 bridgehead atoms. The van der Waals surface area contributed by atoms with Crippen molar-refractivity contribution in [1.29, 1.82) is 0 Å². The van der Waals surface area contributed by atoms with Gasteiger partial charge in [0.25, 0.3) is 0 Å². The van der Waals surface area contributed by atoms with Crippen LogP contribution in [0, 0.1) is 0 Å². The van der Waals surface area contributed by atoms with Crippen molar-refractivity contribution >= 4 is 23.7 Å². The zero-order valence-corrected chi connectivity index (χ0v) is 14.1. The second kappa shape index (κ2) is 8.15. The summed E-state index contributed by atoms with van der Waals surface area (Å²) in [5.74, 6) is 0.000255. The van der Waals surface area contributed by atoms with Crippen LogP contribution in [0.5, 0.6) is 0 Å². The number of anilines is 2. The van der Waals surface area contributed by atoms with Gasteiger partial charge < -0.3 is 15.1 Å². The van der Waals surface area contributed by atoms with E-state index in [0.717, 1.165) is 38.3 Å². The van der Waals surface area contributed by atoms with Crippen molar-refractivity contribution in [3.05, 3.63) is 24.3 Å². The third kappa shape index (κ3) is 4.47. The molecule has 3 rings (SSSR count). The minimum Gasteiger partial charge on any atom is -0.372 e. The summed E-state index contributed by atoms with van der Waals surface area (Å²) in [5, 5.41) is 2.96. The zero-order valence-electron chi connectivity index (χ0n) is 14.1. The molecule has 2 aliphatic heterocycles. The van der Waals surface area contributed by atoms with E-state index >= 15 is 0 Å². The monoisotopic (exact) mass is 330 g/mol. The van der Waals surface area contributed by atoms with Crippen molar-refractivity contribution in [2.45, 2.75) is 19.3 Å². The molecule has 0 aliphatic carbocycles. The van der Waals surface area contributed by atoms with Crippen molar-refractivity contribution in [3.8, 4) is 0 Å². The highest BCUT2D eigenvalue weighted by Crippen LogP contribution is 2.21. The molecule has 2 aliphatic rings. The Morgan fingerprint density at radius 2 is 1.62 bits per heavy atom. The summed E-state index contributed by atoms with van der Waals surface area (Å²) in [6, 6.07) is 8.13. The number of nitrogens with zero attached hydrogens (tertiary/aromatic N) is 3. The third-order valence-electron chi connectivity index (χ3n) is 4.80. The fraction of sp³-hybridized carbons (Fsp3) is 0.556. The molecule has 2 fully saturated rings. The van der Waals surface area contributed by atoms with Crippen LogP contribution >= 0.6 is 0 Å². The highest BCUT2D eigenvalue weighted by atomic mass is 16.2. The van der Waals surface area contributed by atoms with Crippen molar-refractivity contribution in [1.82, 2.24) is 9.80 Å². The number of nitrogens with one attached hydrogen (secondary N) is 1.